The summed E-state index contributed by atoms with van der Waals surface area (Å²) in [6.45, 7) is 1.96. The third kappa shape index (κ3) is 4.03. The zero-order valence-electron chi connectivity index (χ0n) is 16.0. The molecule has 0 saturated carbocycles. The lowest BCUT2D eigenvalue weighted by Gasteiger charge is -2.38. The molecule has 7 heteroatoms. The molecule has 1 fully saturated rings. The number of rotatable bonds is 5. The van der Waals surface area contributed by atoms with Gasteiger partial charge in [0.25, 0.3) is 0 Å². The first-order valence-corrected chi connectivity index (χ1v) is 9.59. The summed E-state index contributed by atoms with van der Waals surface area (Å²) < 4.78 is 0. The molecule has 1 saturated heterocycles. The van der Waals surface area contributed by atoms with E-state index in [1.165, 1.54) is 10.5 Å². The molecule has 2 heterocycles. The molecule has 0 N–H and O–H groups in total. The van der Waals surface area contributed by atoms with Crippen LogP contribution in [0, 0.1) is 0 Å². The molecule has 1 unspecified atom stereocenters. The van der Waals surface area contributed by atoms with Crippen LogP contribution in [0.5, 0.6) is 0 Å². The predicted octanol–water partition coefficient (Wildman–Crippen LogP) is 2.47. The predicted molar refractivity (Wildman–Crippen MR) is 108 cm³/mol. The summed E-state index contributed by atoms with van der Waals surface area (Å²) in [6.07, 6.45) is 2.07. The molecule has 1 amide bonds. The second-order valence-corrected chi connectivity index (χ2v) is 7.09. The number of carbonyl (C=O) groups is 1. The minimum absolute atomic E-state index is 0.00285. The second kappa shape index (κ2) is 8.21. The Hall–Kier alpha value is -3.22. The molecule has 3 aromatic rings. The van der Waals surface area contributed by atoms with Gasteiger partial charge in [-0.2, -0.15) is 4.80 Å². The lowest BCUT2D eigenvalue weighted by molar-refractivity contribution is -0.133. The SMILES string of the molecule is CN(C(=O)Cn1nnc(-c2ccccc2)n1)C1CCCN(c2ccccc2)C1. The van der Waals surface area contributed by atoms with E-state index in [0.717, 1.165) is 31.5 Å². The van der Waals surface area contributed by atoms with Crippen LogP contribution in [0.25, 0.3) is 11.4 Å². The highest BCUT2D eigenvalue weighted by atomic mass is 16.2. The van der Waals surface area contributed by atoms with Gasteiger partial charge in [0.15, 0.2) is 0 Å². The molecule has 0 aliphatic carbocycles. The van der Waals surface area contributed by atoms with E-state index in [1.54, 1.807) is 0 Å². The molecule has 7 nitrogen and oxygen atoms in total. The zero-order valence-corrected chi connectivity index (χ0v) is 16.0. The fourth-order valence-corrected chi connectivity index (χ4v) is 3.59. The lowest BCUT2D eigenvalue weighted by Crippen LogP contribution is -2.49. The third-order valence-corrected chi connectivity index (χ3v) is 5.22. The Morgan fingerprint density at radius 2 is 1.82 bits per heavy atom. The summed E-state index contributed by atoms with van der Waals surface area (Å²) in [6, 6.07) is 20.2. The number of aromatic nitrogens is 4. The van der Waals surface area contributed by atoms with Crippen molar-refractivity contribution in [2.24, 2.45) is 0 Å². The van der Waals surface area contributed by atoms with E-state index in [4.69, 9.17) is 0 Å². The monoisotopic (exact) mass is 376 g/mol. The Bertz CT molecular complexity index is 911. The number of benzene rings is 2. The summed E-state index contributed by atoms with van der Waals surface area (Å²) in [4.78, 5) is 18.3. The Morgan fingerprint density at radius 3 is 2.57 bits per heavy atom. The maximum absolute atomic E-state index is 12.8. The van der Waals surface area contributed by atoms with Gasteiger partial charge in [0.05, 0.1) is 0 Å². The Morgan fingerprint density at radius 1 is 1.11 bits per heavy atom. The van der Waals surface area contributed by atoms with Crippen molar-refractivity contribution < 1.29 is 4.79 Å². The Kier molecular flexibility index (Phi) is 5.32. The molecule has 1 aromatic heterocycles. The van der Waals surface area contributed by atoms with Crippen molar-refractivity contribution in [2.45, 2.75) is 25.4 Å². The fourth-order valence-electron chi connectivity index (χ4n) is 3.59. The van der Waals surface area contributed by atoms with Crippen LogP contribution in [-0.2, 0) is 11.3 Å². The highest BCUT2D eigenvalue weighted by Crippen LogP contribution is 2.22. The molecule has 1 atom stereocenters. The van der Waals surface area contributed by atoms with Crippen LogP contribution in [0.3, 0.4) is 0 Å². The van der Waals surface area contributed by atoms with Crippen LogP contribution < -0.4 is 4.90 Å². The largest absolute Gasteiger partial charge is 0.369 e. The summed E-state index contributed by atoms with van der Waals surface area (Å²) in [5, 5.41) is 12.5. The molecule has 28 heavy (non-hydrogen) atoms. The van der Waals surface area contributed by atoms with E-state index in [1.807, 2.05) is 48.3 Å². The molecular weight excluding hydrogens is 352 g/mol. The average Bonchev–Trinajstić information content (AvgIpc) is 3.23. The van der Waals surface area contributed by atoms with Gasteiger partial charge in [0.2, 0.25) is 11.7 Å². The molecular formula is C21H24N6O. The van der Waals surface area contributed by atoms with Gasteiger partial charge in [0.1, 0.15) is 6.54 Å². The second-order valence-electron chi connectivity index (χ2n) is 7.09. The van der Waals surface area contributed by atoms with Crippen molar-refractivity contribution >= 4 is 11.6 Å². The smallest absolute Gasteiger partial charge is 0.246 e. The number of para-hydroxylation sites is 1. The number of carbonyl (C=O) groups excluding carboxylic acids is 1. The van der Waals surface area contributed by atoms with E-state index in [-0.39, 0.29) is 18.5 Å². The molecule has 0 radical (unpaired) electrons. The van der Waals surface area contributed by atoms with Gasteiger partial charge in [-0.1, -0.05) is 48.5 Å². The fraction of sp³-hybridized carbons (Fsp3) is 0.333. The van der Waals surface area contributed by atoms with Crippen LogP contribution in [0.2, 0.25) is 0 Å². The number of nitrogens with zero attached hydrogens (tertiary/aromatic N) is 6. The van der Waals surface area contributed by atoms with Crippen LogP contribution >= 0.6 is 0 Å². The number of amides is 1. The van der Waals surface area contributed by atoms with Crippen molar-refractivity contribution in [3.63, 3.8) is 0 Å². The molecule has 0 bridgehead atoms. The van der Waals surface area contributed by atoms with Gasteiger partial charge >= 0.3 is 0 Å². The van der Waals surface area contributed by atoms with Gasteiger partial charge < -0.3 is 9.80 Å². The summed E-state index contributed by atoms with van der Waals surface area (Å²) in [7, 11) is 1.87. The van der Waals surface area contributed by atoms with Gasteiger partial charge in [-0.15, -0.1) is 10.2 Å². The number of likely N-dealkylation sites (N-methyl/N-ethyl adjacent to an activating group) is 1. The Balaban J connectivity index is 1.39. The van der Waals surface area contributed by atoms with Crippen LogP contribution in [-0.4, -0.2) is 57.2 Å². The first kappa shape index (κ1) is 18.2. The molecule has 4 rings (SSSR count). The standard InChI is InChI=1S/C21H24N6O/c1-25(19-13-8-14-26(15-19)18-11-6-3-7-12-18)20(28)16-27-23-21(22-24-27)17-9-4-2-5-10-17/h2-7,9-12,19H,8,13-16H2,1H3. The van der Waals surface area contributed by atoms with Gasteiger partial charge in [0, 0.05) is 37.4 Å². The maximum atomic E-state index is 12.8. The van der Waals surface area contributed by atoms with Gasteiger partial charge in [-0.25, -0.2) is 0 Å². The van der Waals surface area contributed by atoms with Gasteiger partial charge in [-0.3, -0.25) is 4.79 Å². The number of tetrazole rings is 1. The molecule has 2 aromatic carbocycles. The van der Waals surface area contributed by atoms with Crippen LogP contribution in [0.4, 0.5) is 5.69 Å². The Labute approximate surface area is 164 Å². The summed E-state index contributed by atoms with van der Waals surface area (Å²) >= 11 is 0. The molecule has 1 aliphatic rings. The van der Waals surface area contributed by atoms with Crippen molar-refractivity contribution in [1.29, 1.82) is 0 Å². The molecule has 0 spiro atoms. The van der Waals surface area contributed by atoms with Crippen molar-refractivity contribution in [3.05, 3.63) is 60.7 Å². The average molecular weight is 376 g/mol. The van der Waals surface area contributed by atoms with Crippen LogP contribution in [0.15, 0.2) is 60.7 Å². The maximum Gasteiger partial charge on any atom is 0.246 e. The quantitative estimate of drug-likeness (QED) is 0.684. The minimum Gasteiger partial charge on any atom is -0.369 e. The summed E-state index contributed by atoms with van der Waals surface area (Å²) in [5.74, 6) is 0.529. The van der Waals surface area contributed by atoms with E-state index >= 15 is 0 Å². The minimum atomic E-state index is -0.00285. The van der Waals surface area contributed by atoms with Crippen LogP contribution in [0.1, 0.15) is 12.8 Å². The third-order valence-electron chi connectivity index (χ3n) is 5.22. The normalized spacial score (nSPS) is 16.8. The first-order chi connectivity index (χ1) is 13.7. The zero-order chi connectivity index (χ0) is 19.3. The van der Waals surface area contributed by atoms with Gasteiger partial charge in [-0.05, 0) is 30.2 Å². The first-order valence-electron chi connectivity index (χ1n) is 9.59. The number of hydrogen-bond acceptors (Lipinski definition) is 5. The molecule has 144 valence electrons. The highest BCUT2D eigenvalue weighted by Gasteiger charge is 2.26. The number of hydrogen-bond donors (Lipinski definition) is 0. The lowest BCUT2D eigenvalue weighted by atomic mass is 10.0. The van der Waals surface area contributed by atoms with Crippen molar-refractivity contribution in [3.8, 4) is 11.4 Å². The van der Waals surface area contributed by atoms with E-state index in [9.17, 15) is 4.79 Å². The number of anilines is 1. The topological polar surface area (TPSA) is 67.2 Å². The van der Waals surface area contributed by atoms with Crippen molar-refractivity contribution in [2.75, 3.05) is 25.0 Å². The highest BCUT2D eigenvalue weighted by molar-refractivity contribution is 5.76. The summed E-state index contributed by atoms with van der Waals surface area (Å²) in [5.41, 5.74) is 2.10. The molecule has 1 aliphatic heterocycles. The van der Waals surface area contributed by atoms with E-state index in [2.05, 4.69) is 44.6 Å². The van der Waals surface area contributed by atoms with E-state index < -0.39 is 0 Å². The van der Waals surface area contributed by atoms with Crippen molar-refractivity contribution in [1.82, 2.24) is 25.1 Å². The van der Waals surface area contributed by atoms with E-state index in [0.29, 0.717) is 5.82 Å². The number of piperidine rings is 1.